The van der Waals surface area contributed by atoms with Crippen LogP contribution in [0.5, 0.6) is 11.5 Å². The number of ether oxygens (including phenoxy) is 2. The molecule has 106 valence electrons. The fourth-order valence-corrected chi connectivity index (χ4v) is 2.66. The lowest BCUT2D eigenvalue weighted by atomic mass is 10.1. The molecule has 1 amide bonds. The van der Waals surface area contributed by atoms with Crippen LogP contribution >= 0.6 is 11.3 Å². The maximum atomic E-state index is 11.1. The van der Waals surface area contributed by atoms with Crippen LogP contribution in [0.4, 0.5) is 5.00 Å². The zero-order chi connectivity index (χ0) is 14.4. The summed E-state index contributed by atoms with van der Waals surface area (Å²) in [7, 11) is 3.23. The van der Waals surface area contributed by atoms with Gasteiger partial charge < -0.3 is 14.4 Å². The monoisotopic (exact) mass is 291 g/mol. The molecule has 2 aromatic rings. The Morgan fingerprint density at radius 3 is 2.60 bits per heavy atom. The predicted molar refractivity (Wildman–Crippen MR) is 81.0 cm³/mol. The lowest BCUT2D eigenvalue weighted by Crippen LogP contribution is -2.22. The van der Waals surface area contributed by atoms with Crippen molar-refractivity contribution in [2.75, 3.05) is 25.7 Å². The topological polar surface area (TPSA) is 38.8 Å². The highest BCUT2D eigenvalue weighted by Crippen LogP contribution is 2.28. The van der Waals surface area contributed by atoms with Crippen molar-refractivity contribution in [1.82, 2.24) is 0 Å². The van der Waals surface area contributed by atoms with Crippen molar-refractivity contribution in [3.8, 4) is 11.5 Å². The Morgan fingerprint density at radius 1 is 1.20 bits per heavy atom. The molecule has 0 radical (unpaired) electrons. The van der Waals surface area contributed by atoms with Crippen molar-refractivity contribution in [2.24, 2.45) is 0 Å². The van der Waals surface area contributed by atoms with E-state index < -0.39 is 0 Å². The smallest absolute Gasteiger partial charge is 0.214 e. The quantitative estimate of drug-likeness (QED) is 0.736. The van der Waals surface area contributed by atoms with Crippen molar-refractivity contribution >= 4 is 22.7 Å². The summed E-state index contributed by atoms with van der Waals surface area (Å²) in [4.78, 5) is 12.8. The zero-order valence-electron chi connectivity index (χ0n) is 11.5. The fourth-order valence-electron chi connectivity index (χ4n) is 1.93. The van der Waals surface area contributed by atoms with E-state index in [0.29, 0.717) is 18.0 Å². The van der Waals surface area contributed by atoms with E-state index in [1.54, 1.807) is 30.5 Å². The van der Waals surface area contributed by atoms with Crippen molar-refractivity contribution in [1.29, 1.82) is 0 Å². The summed E-state index contributed by atoms with van der Waals surface area (Å²) in [6.45, 7) is 0.638. The van der Waals surface area contributed by atoms with Gasteiger partial charge in [-0.15, -0.1) is 11.3 Å². The Balaban J connectivity index is 2.05. The summed E-state index contributed by atoms with van der Waals surface area (Å²) in [5, 5.41) is 2.92. The third-order valence-electron chi connectivity index (χ3n) is 3.01. The highest BCUT2D eigenvalue weighted by atomic mass is 32.1. The average Bonchev–Trinajstić information content (AvgIpc) is 3.02. The Hall–Kier alpha value is -2.01. The van der Waals surface area contributed by atoms with Crippen LogP contribution in [0.2, 0.25) is 0 Å². The van der Waals surface area contributed by atoms with Crippen LogP contribution in [0.25, 0.3) is 0 Å². The van der Waals surface area contributed by atoms with Gasteiger partial charge in [-0.2, -0.15) is 0 Å². The number of anilines is 1. The van der Waals surface area contributed by atoms with Crippen LogP contribution in [0, 0.1) is 0 Å². The highest BCUT2D eigenvalue weighted by Gasteiger charge is 2.08. The van der Waals surface area contributed by atoms with Gasteiger partial charge in [0.1, 0.15) is 0 Å². The molecule has 0 saturated carbocycles. The summed E-state index contributed by atoms with van der Waals surface area (Å²) in [6, 6.07) is 9.68. The Kier molecular flexibility index (Phi) is 5.01. The number of carbonyl (C=O) groups is 1. The molecule has 1 aromatic carbocycles. The van der Waals surface area contributed by atoms with Crippen molar-refractivity contribution in [2.45, 2.75) is 6.42 Å². The molecule has 0 aliphatic carbocycles. The van der Waals surface area contributed by atoms with Crippen molar-refractivity contribution in [3.63, 3.8) is 0 Å². The molecule has 4 nitrogen and oxygen atoms in total. The van der Waals surface area contributed by atoms with Crippen LogP contribution < -0.4 is 14.4 Å². The molecule has 0 bridgehead atoms. The number of nitrogens with zero attached hydrogens (tertiary/aromatic N) is 1. The largest absolute Gasteiger partial charge is 0.493 e. The van der Waals surface area contributed by atoms with Crippen molar-refractivity contribution < 1.29 is 14.3 Å². The normalized spacial score (nSPS) is 10.1. The minimum absolute atomic E-state index is 0.638. The molecule has 0 spiro atoms. The molecule has 0 unspecified atom stereocenters. The predicted octanol–water partition coefficient (Wildman–Crippen LogP) is 2.97. The van der Waals surface area contributed by atoms with E-state index in [0.717, 1.165) is 23.4 Å². The van der Waals surface area contributed by atoms with Gasteiger partial charge in [-0.1, -0.05) is 6.07 Å². The summed E-state index contributed by atoms with van der Waals surface area (Å²) in [6.07, 6.45) is 1.63. The molecule has 0 atom stereocenters. The Morgan fingerprint density at radius 2 is 2.00 bits per heavy atom. The maximum absolute atomic E-state index is 11.1. The molecular weight excluding hydrogens is 274 g/mol. The second-order valence-corrected chi connectivity index (χ2v) is 5.12. The van der Waals surface area contributed by atoms with Crippen LogP contribution in [0.3, 0.4) is 0 Å². The summed E-state index contributed by atoms with van der Waals surface area (Å²) >= 11 is 1.55. The maximum Gasteiger partial charge on any atom is 0.214 e. The van der Waals surface area contributed by atoms with E-state index in [1.807, 2.05) is 35.7 Å². The van der Waals surface area contributed by atoms with Crippen molar-refractivity contribution in [3.05, 3.63) is 41.3 Å². The van der Waals surface area contributed by atoms with Crippen LogP contribution in [-0.4, -0.2) is 27.2 Å². The first kappa shape index (κ1) is 14.4. The van der Waals surface area contributed by atoms with Crippen LogP contribution in [0.15, 0.2) is 35.7 Å². The van der Waals surface area contributed by atoms with Gasteiger partial charge in [0.2, 0.25) is 6.41 Å². The van der Waals surface area contributed by atoms with Crippen LogP contribution in [0.1, 0.15) is 5.56 Å². The van der Waals surface area contributed by atoms with E-state index in [1.165, 1.54) is 0 Å². The number of benzene rings is 1. The van der Waals surface area contributed by atoms with Crippen LogP contribution in [-0.2, 0) is 11.2 Å². The number of hydrogen-bond donors (Lipinski definition) is 0. The molecule has 20 heavy (non-hydrogen) atoms. The number of methoxy groups -OCH3 is 2. The fraction of sp³-hybridized carbons (Fsp3) is 0.267. The van der Waals surface area contributed by atoms with E-state index in [2.05, 4.69) is 0 Å². The SMILES string of the molecule is COc1ccc(CCN(C=O)c2cccs2)cc1OC. The lowest BCUT2D eigenvalue weighted by molar-refractivity contribution is -0.107. The van der Waals surface area contributed by atoms with Gasteiger partial charge in [-0.25, -0.2) is 0 Å². The number of amides is 1. The number of rotatable bonds is 7. The standard InChI is InChI=1S/C15H17NO3S/c1-18-13-6-5-12(10-14(13)19-2)7-8-16(11-17)15-4-3-9-20-15/h3-6,9-11H,7-8H2,1-2H3. The first-order valence-corrected chi connectivity index (χ1v) is 7.12. The molecule has 2 rings (SSSR count). The average molecular weight is 291 g/mol. The first-order valence-electron chi connectivity index (χ1n) is 6.25. The molecule has 0 saturated heterocycles. The van der Waals surface area contributed by atoms with Gasteiger partial charge in [0.15, 0.2) is 11.5 Å². The highest BCUT2D eigenvalue weighted by molar-refractivity contribution is 7.14. The zero-order valence-corrected chi connectivity index (χ0v) is 12.4. The van der Waals surface area contributed by atoms with Gasteiger partial charge >= 0.3 is 0 Å². The molecule has 0 aliphatic rings. The van der Waals surface area contributed by atoms with E-state index in [9.17, 15) is 4.79 Å². The van der Waals surface area contributed by atoms with E-state index in [-0.39, 0.29) is 0 Å². The van der Waals surface area contributed by atoms with Gasteiger partial charge in [0.25, 0.3) is 0 Å². The number of carbonyl (C=O) groups excluding carboxylic acids is 1. The molecular formula is C15H17NO3S. The van der Waals surface area contributed by atoms with E-state index >= 15 is 0 Å². The Bertz CT molecular complexity index is 554. The van der Waals surface area contributed by atoms with Gasteiger partial charge in [-0.3, -0.25) is 4.79 Å². The molecule has 0 fully saturated rings. The van der Waals surface area contributed by atoms with Gasteiger partial charge in [0.05, 0.1) is 19.2 Å². The van der Waals surface area contributed by atoms with E-state index in [4.69, 9.17) is 9.47 Å². The molecule has 0 aliphatic heterocycles. The summed E-state index contributed by atoms with van der Waals surface area (Å²) < 4.78 is 10.5. The minimum atomic E-state index is 0.638. The second-order valence-electron chi connectivity index (χ2n) is 4.19. The number of hydrogen-bond acceptors (Lipinski definition) is 4. The summed E-state index contributed by atoms with van der Waals surface area (Å²) in [5.41, 5.74) is 1.10. The number of thiophene rings is 1. The van der Waals surface area contributed by atoms with Gasteiger partial charge in [0, 0.05) is 6.54 Å². The molecule has 5 heteroatoms. The third-order valence-corrected chi connectivity index (χ3v) is 3.91. The first-order chi connectivity index (χ1) is 9.78. The third kappa shape index (κ3) is 3.30. The molecule has 1 aromatic heterocycles. The van der Waals surface area contributed by atoms with Gasteiger partial charge in [-0.05, 0) is 41.6 Å². The second kappa shape index (κ2) is 6.96. The summed E-state index contributed by atoms with van der Waals surface area (Å²) in [5.74, 6) is 1.42. The Labute approximate surface area is 122 Å². The molecule has 0 N–H and O–H groups in total. The molecule has 1 heterocycles. The lowest BCUT2D eigenvalue weighted by Gasteiger charge is -2.15. The minimum Gasteiger partial charge on any atom is -0.493 e.